The maximum atomic E-state index is 13.5. The van der Waals surface area contributed by atoms with Crippen molar-refractivity contribution in [2.45, 2.75) is 51.6 Å². The van der Waals surface area contributed by atoms with E-state index in [0.29, 0.717) is 12.0 Å². The van der Waals surface area contributed by atoms with E-state index in [2.05, 4.69) is 31.0 Å². The van der Waals surface area contributed by atoms with Gasteiger partial charge in [0.25, 0.3) is 0 Å². The number of nitrogens with one attached hydrogen (secondary N) is 1. The van der Waals surface area contributed by atoms with Gasteiger partial charge < -0.3 is 10.2 Å². The summed E-state index contributed by atoms with van der Waals surface area (Å²) in [5.74, 6) is 0.586. The summed E-state index contributed by atoms with van der Waals surface area (Å²) >= 11 is 0. The first-order valence-corrected chi connectivity index (χ1v) is 7.74. The van der Waals surface area contributed by atoms with Gasteiger partial charge in [-0.15, -0.1) is 0 Å². The Morgan fingerprint density at radius 3 is 2.75 bits per heavy atom. The van der Waals surface area contributed by atoms with E-state index < -0.39 is 0 Å². The minimum absolute atomic E-state index is 0.112. The largest absolute Gasteiger partial charge is 0.368 e. The molecule has 2 nitrogen and oxygen atoms in total. The summed E-state index contributed by atoms with van der Waals surface area (Å²) in [6.45, 7) is 8.74. The fourth-order valence-electron chi connectivity index (χ4n) is 3.36. The van der Waals surface area contributed by atoms with E-state index >= 15 is 0 Å². The molecule has 2 aliphatic rings. The van der Waals surface area contributed by atoms with Crippen LogP contribution in [-0.2, 0) is 6.42 Å². The molecule has 0 amide bonds. The van der Waals surface area contributed by atoms with Crippen molar-refractivity contribution in [1.82, 2.24) is 5.32 Å². The summed E-state index contributed by atoms with van der Waals surface area (Å²) in [7, 11) is 0. The summed E-state index contributed by atoms with van der Waals surface area (Å²) < 4.78 is 13.5. The van der Waals surface area contributed by atoms with Crippen molar-refractivity contribution < 1.29 is 4.39 Å². The lowest BCUT2D eigenvalue weighted by atomic mass is 9.78. The van der Waals surface area contributed by atoms with Crippen LogP contribution in [0.25, 0.3) is 0 Å². The average Bonchev–Trinajstić information content (AvgIpc) is 2.70. The van der Waals surface area contributed by atoms with Crippen LogP contribution < -0.4 is 10.2 Å². The Bertz CT molecular complexity index is 492. The smallest absolute Gasteiger partial charge is 0.125 e. The molecule has 1 aromatic carbocycles. The Kier molecular flexibility index (Phi) is 3.49. The second kappa shape index (κ2) is 5.03. The molecular formula is C17H25FN2. The Morgan fingerprint density at radius 2 is 2.10 bits per heavy atom. The predicted octanol–water partition coefficient (Wildman–Crippen LogP) is 3.35. The Morgan fingerprint density at radius 1 is 1.30 bits per heavy atom. The van der Waals surface area contributed by atoms with Crippen LogP contribution in [0.3, 0.4) is 0 Å². The summed E-state index contributed by atoms with van der Waals surface area (Å²) in [5.41, 5.74) is 2.62. The van der Waals surface area contributed by atoms with Gasteiger partial charge in [0.05, 0.1) is 0 Å². The number of benzene rings is 1. The number of halogens is 1. The lowest BCUT2D eigenvalue weighted by molar-refractivity contribution is 0.218. The highest BCUT2D eigenvalue weighted by atomic mass is 19.1. The topological polar surface area (TPSA) is 15.3 Å². The molecule has 0 saturated heterocycles. The summed E-state index contributed by atoms with van der Waals surface area (Å²) in [4.78, 5) is 2.44. The molecule has 0 spiro atoms. The van der Waals surface area contributed by atoms with Gasteiger partial charge in [-0.05, 0) is 63.6 Å². The van der Waals surface area contributed by atoms with Crippen molar-refractivity contribution in [3.05, 3.63) is 29.6 Å². The third-order valence-corrected chi connectivity index (χ3v) is 4.65. The quantitative estimate of drug-likeness (QED) is 0.910. The maximum Gasteiger partial charge on any atom is 0.125 e. The molecule has 3 rings (SSSR count). The zero-order chi connectivity index (χ0) is 14.3. The molecule has 2 unspecified atom stereocenters. The van der Waals surface area contributed by atoms with Crippen LogP contribution in [0.2, 0.25) is 0 Å². The van der Waals surface area contributed by atoms with Crippen LogP contribution in [0.4, 0.5) is 10.1 Å². The molecule has 0 radical (unpaired) electrons. The van der Waals surface area contributed by atoms with E-state index in [1.54, 1.807) is 12.1 Å². The van der Waals surface area contributed by atoms with E-state index in [-0.39, 0.29) is 11.4 Å². The van der Waals surface area contributed by atoms with Crippen LogP contribution in [0, 0.1) is 11.7 Å². The number of hydrogen-bond acceptors (Lipinski definition) is 2. The first-order valence-electron chi connectivity index (χ1n) is 7.74. The third kappa shape index (κ3) is 2.69. The van der Waals surface area contributed by atoms with Crippen LogP contribution in [0.1, 0.15) is 39.2 Å². The van der Waals surface area contributed by atoms with Gasteiger partial charge in [-0.1, -0.05) is 6.07 Å². The van der Waals surface area contributed by atoms with Crippen molar-refractivity contribution >= 4 is 5.69 Å². The van der Waals surface area contributed by atoms with Crippen molar-refractivity contribution in [3.8, 4) is 0 Å². The fraction of sp³-hybridized carbons (Fsp3) is 0.647. The highest BCUT2D eigenvalue weighted by Crippen LogP contribution is 2.39. The lowest BCUT2D eigenvalue weighted by Crippen LogP contribution is -2.52. The van der Waals surface area contributed by atoms with Gasteiger partial charge in [0, 0.05) is 30.4 Å². The van der Waals surface area contributed by atoms with Gasteiger partial charge in [-0.3, -0.25) is 0 Å². The normalized spacial score (nSPS) is 25.5. The molecule has 1 heterocycles. The molecule has 20 heavy (non-hydrogen) atoms. The van der Waals surface area contributed by atoms with Gasteiger partial charge in [0.2, 0.25) is 0 Å². The number of anilines is 1. The van der Waals surface area contributed by atoms with Gasteiger partial charge in [0.15, 0.2) is 0 Å². The average molecular weight is 276 g/mol. The maximum absolute atomic E-state index is 13.5. The monoisotopic (exact) mass is 276 g/mol. The Hall–Kier alpha value is -1.09. The van der Waals surface area contributed by atoms with Crippen molar-refractivity contribution in [2.24, 2.45) is 5.92 Å². The molecule has 1 saturated carbocycles. The molecule has 110 valence electrons. The summed E-state index contributed by atoms with van der Waals surface area (Å²) in [6, 6.07) is 5.84. The molecule has 1 aromatic rings. The first-order chi connectivity index (χ1) is 9.44. The molecule has 1 aliphatic heterocycles. The molecule has 1 N–H and O–H groups in total. The van der Waals surface area contributed by atoms with Gasteiger partial charge in [-0.25, -0.2) is 4.39 Å². The zero-order valence-electron chi connectivity index (χ0n) is 12.7. The van der Waals surface area contributed by atoms with Crippen LogP contribution in [0.15, 0.2) is 18.2 Å². The fourth-order valence-corrected chi connectivity index (χ4v) is 3.36. The van der Waals surface area contributed by atoms with Crippen LogP contribution in [0.5, 0.6) is 0 Å². The summed E-state index contributed by atoms with van der Waals surface area (Å²) in [5, 5.41) is 3.61. The number of nitrogens with zero attached hydrogens (tertiary/aromatic N) is 1. The van der Waals surface area contributed by atoms with Crippen molar-refractivity contribution in [1.29, 1.82) is 0 Å². The van der Waals surface area contributed by atoms with E-state index in [9.17, 15) is 4.39 Å². The van der Waals surface area contributed by atoms with Crippen molar-refractivity contribution in [3.63, 3.8) is 0 Å². The molecule has 0 bridgehead atoms. The second-order valence-corrected chi connectivity index (χ2v) is 7.25. The van der Waals surface area contributed by atoms with Gasteiger partial charge in [-0.2, -0.15) is 0 Å². The molecule has 1 fully saturated rings. The highest BCUT2D eigenvalue weighted by molar-refractivity contribution is 5.59. The molecule has 0 aromatic heterocycles. The predicted molar refractivity (Wildman–Crippen MR) is 81.7 cm³/mol. The highest BCUT2D eigenvalue weighted by Gasteiger charge is 2.38. The van der Waals surface area contributed by atoms with E-state index in [4.69, 9.17) is 0 Å². The molecule has 3 heteroatoms. The molecule has 2 atom stereocenters. The lowest BCUT2D eigenvalue weighted by Gasteiger charge is -2.45. The van der Waals surface area contributed by atoms with E-state index in [1.807, 2.05) is 6.07 Å². The third-order valence-electron chi connectivity index (χ3n) is 4.65. The molecule has 1 aliphatic carbocycles. The minimum atomic E-state index is -0.112. The van der Waals surface area contributed by atoms with E-state index in [0.717, 1.165) is 25.2 Å². The van der Waals surface area contributed by atoms with Crippen LogP contribution >= 0.6 is 0 Å². The molecular weight excluding hydrogens is 251 g/mol. The number of hydrogen-bond donors (Lipinski definition) is 1. The summed E-state index contributed by atoms with van der Waals surface area (Å²) in [6.07, 6.45) is 3.59. The van der Waals surface area contributed by atoms with Crippen molar-refractivity contribution in [2.75, 3.05) is 18.0 Å². The number of fused-ring (bicyclic) bond motifs is 1. The van der Waals surface area contributed by atoms with E-state index in [1.165, 1.54) is 18.4 Å². The van der Waals surface area contributed by atoms with Gasteiger partial charge in [0.1, 0.15) is 5.82 Å². The standard InChI is InChI=1S/C17H25FN2/c1-17(2,3)19-11-13-5-7-15(13)20-9-8-12-4-6-14(18)10-16(12)20/h4,6,10,13,15,19H,5,7-9,11H2,1-3H3. The SMILES string of the molecule is CC(C)(C)NCC1CCC1N1CCc2ccc(F)cc21. The second-order valence-electron chi connectivity index (χ2n) is 7.25. The van der Waals surface area contributed by atoms with Crippen LogP contribution in [-0.4, -0.2) is 24.7 Å². The minimum Gasteiger partial charge on any atom is -0.368 e. The van der Waals surface area contributed by atoms with Gasteiger partial charge >= 0.3 is 0 Å². The number of rotatable bonds is 3. The Labute approximate surface area is 121 Å². The first kappa shape index (κ1) is 13.9. The zero-order valence-corrected chi connectivity index (χ0v) is 12.7. The Balaban J connectivity index is 1.68.